The van der Waals surface area contributed by atoms with Gasteiger partial charge in [-0.2, -0.15) is 0 Å². The fourth-order valence-electron chi connectivity index (χ4n) is 3.71. The van der Waals surface area contributed by atoms with E-state index in [2.05, 4.69) is 0 Å². The molecule has 0 unspecified atom stereocenters. The number of rotatable bonds is 5. The summed E-state index contributed by atoms with van der Waals surface area (Å²) in [6.07, 6.45) is 2.64. The van der Waals surface area contributed by atoms with Gasteiger partial charge in [0.25, 0.3) is 11.6 Å². The number of nitrogens with zero attached hydrogens (tertiary/aromatic N) is 3. The van der Waals surface area contributed by atoms with Crippen LogP contribution in [-0.2, 0) is 21.2 Å². The number of hydrogen-bond donors (Lipinski definition) is 0. The van der Waals surface area contributed by atoms with Crippen LogP contribution in [0.1, 0.15) is 24.5 Å². The molecule has 1 aliphatic rings. The Kier molecular flexibility index (Phi) is 5.61. The Morgan fingerprint density at radius 3 is 2.59 bits per heavy atom. The number of hydrogen-bond acceptors (Lipinski definition) is 5. The molecule has 0 N–H and O–H groups in total. The smallest absolute Gasteiger partial charge is 0.271 e. The van der Waals surface area contributed by atoms with E-state index in [1.807, 2.05) is 24.3 Å². The lowest BCUT2D eigenvalue weighted by molar-refractivity contribution is -0.384. The van der Waals surface area contributed by atoms with Crippen LogP contribution in [0.5, 0.6) is 0 Å². The molecular weight excluding hydrogens is 394 g/mol. The van der Waals surface area contributed by atoms with Crippen molar-refractivity contribution in [3.63, 3.8) is 0 Å². The average molecular weight is 417 g/mol. The average Bonchev–Trinajstić information content (AvgIpc) is 2.67. The van der Waals surface area contributed by atoms with E-state index in [4.69, 9.17) is 0 Å². The molecule has 2 aromatic carbocycles. The summed E-state index contributed by atoms with van der Waals surface area (Å²) in [5.74, 6) is -0.367. The number of amides is 1. The zero-order chi connectivity index (χ0) is 21.3. The number of fused-ring (bicyclic) bond motifs is 1. The first-order valence-corrected chi connectivity index (χ1v) is 11.1. The molecule has 2 aromatic rings. The van der Waals surface area contributed by atoms with Crippen LogP contribution in [0.4, 0.5) is 17.1 Å². The highest BCUT2D eigenvalue weighted by Gasteiger charge is 2.35. The van der Waals surface area contributed by atoms with Crippen LogP contribution >= 0.6 is 0 Å². The maximum absolute atomic E-state index is 13.3. The molecule has 0 spiro atoms. The number of sulfonamides is 1. The number of carbonyl (C=O) groups is 1. The molecule has 29 heavy (non-hydrogen) atoms. The molecule has 0 aromatic heterocycles. The summed E-state index contributed by atoms with van der Waals surface area (Å²) in [5, 5.41) is 11.2. The number of para-hydroxylation sites is 1. The number of carbonyl (C=O) groups excluding carboxylic acids is 1. The molecule has 0 bridgehead atoms. The molecule has 8 nitrogen and oxygen atoms in total. The Morgan fingerprint density at radius 1 is 1.24 bits per heavy atom. The molecule has 0 radical (unpaired) electrons. The number of benzene rings is 2. The molecule has 1 amide bonds. The Balaban J connectivity index is 2.05. The van der Waals surface area contributed by atoms with Gasteiger partial charge in [-0.3, -0.25) is 19.2 Å². The molecular formula is C20H23N3O5S. The van der Waals surface area contributed by atoms with Gasteiger partial charge in [0.2, 0.25) is 10.0 Å². The van der Waals surface area contributed by atoms with E-state index in [1.54, 1.807) is 11.8 Å². The number of aryl methyl sites for hydroxylation is 2. The number of anilines is 2. The summed E-state index contributed by atoms with van der Waals surface area (Å²) in [6, 6.07) is 10.5. The molecule has 3 rings (SSSR count). The van der Waals surface area contributed by atoms with Crippen molar-refractivity contribution >= 4 is 33.0 Å². The van der Waals surface area contributed by atoms with E-state index in [1.165, 1.54) is 25.1 Å². The second-order valence-electron chi connectivity index (χ2n) is 7.18. The van der Waals surface area contributed by atoms with Crippen molar-refractivity contribution in [1.29, 1.82) is 0 Å². The Morgan fingerprint density at radius 2 is 1.93 bits per heavy atom. The fourth-order valence-corrected chi connectivity index (χ4v) is 4.93. The molecule has 0 saturated heterocycles. The van der Waals surface area contributed by atoms with Crippen LogP contribution in [0.15, 0.2) is 42.5 Å². The normalized spacial score (nSPS) is 14.8. The van der Waals surface area contributed by atoms with Gasteiger partial charge in [-0.05, 0) is 43.9 Å². The molecule has 0 fully saturated rings. The second-order valence-corrected chi connectivity index (χ2v) is 9.04. The van der Waals surface area contributed by atoms with Gasteiger partial charge in [-0.15, -0.1) is 0 Å². The van der Waals surface area contributed by atoms with Crippen molar-refractivity contribution in [3.8, 4) is 0 Å². The zero-order valence-corrected chi connectivity index (χ0v) is 17.3. The fraction of sp³-hybridized carbons (Fsp3) is 0.350. The van der Waals surface area contributed by atoms with Gasteiger partial charge in [-0.25, -0.2) is 8.42 Å². The van der Waals surface area contributed by atoms with Crippen LogP contribution in [-0.4, -0.2) is 38.1 Å². The van der Waals surface area contributed by atoms with Crippen molar-refractivity contribution in [2.45, 2.75) is 32.7 Å². The van der Waals surface area contributed by atoms with Gasteiger partial charge >= 0.3 is 0 Å². The minimum atomic E-state index is -3.88. The highest BCUT2D eigenvalue weighted by molar-refractivity contribution is 7.92. The first-order valence-electron chi connectivity index (χ1n) is 9.25. The van der Waals surface area contributed by atoms with Gasteiger partial charge in [0.15, 0.2) is 0 Å². The van der Waals surface area contributed by atoms with Gasteiger partial charge in [0, 0.05) is 24.4 Å². The molecule has 1 aliphatic heterocycles. The molecule has 1 heterocycles. The van der Waals surface area contributed by atoms with Crippen LogP contribution in [0.2, 0.25) is 0 Å². The van der Waals surface area contributed by atoms with Crippen molar-refractivity contribution < 1.29 is 18.1 Å². The van der Waals surface area contributed by atoms with Crippen LogP contribution in [0.25, 0.3) is 0 Å². The van der Waals surface area contributed by atoms with Gasteiger partial charge in [0.05, 0.1) is 16.9 Å². The summed E-state index contributed by atoms with van der Waals surface area (Å²) >= 11 is 0. The topological polar surface area (TPSA) is 101 Å². The number of non-ortho nitro benzene ring substituents is 1. The molecule has 9 heteroatoms. The third kappa shape index (κ3) is 4.09. The Bertz CT molecular complexity index is 1070. The Hall–Kier alpha value is -2.94. The van der Waals surface area contributed by atoms with Gasteiger partial charge in [0.1, 0.15) is 6.04 Å². The van der Waals surface area contributed by atoms with Gasteiger partial charge in [-0.1, -0.05) is 24.3 Å². The highest BCUT2D eigenvalue weighted by Crippen LogP contribution is 2.32. The molecule has 1 atom stereocenters. The van der Waals surface area contributed by atoms with Crippen LogP contribution < -0.4 is 9.21 Å². The van der Waals surface area contributed by atoms with Crippen LogP contribution in [0.3, 0.4) is 0 Å². The van der Waals surface area contributed by atoms with E-state index in [0.29, 0.717) is 12.1 Å². The van der Waals surface area contributed by atoms with Gasteiger partial charge < -0.3 is 4.90 Å². The van der Waals surface area contributed by atoms with E-state index in [-0.39, 0.29) is 17.3 Å². The summed E-state index contributed by atoms with van der Waals surface area (Å²) in [5.41, 5.74) is 2.24. The van der Waals surface area contributed by atoms with Crippen molar-refractivity contribution in [3.05, 3.63) is 63.7 Å². The maximum atomic E-state index is 13.3. The van der Waals surface area contributed by atoms with E-state index in [0.717, 1.165) is 34.7 Å². The van der Waals surface area contributed by atoms with E-state index < -0.39 is 21.0 Å². The summed E-state index contributed by atoms with van der Waals surface area (Å²) in [4.78, 5) is 25.5. The molecule has 0 aliphatic carbocycles. The molecule has 154 valence electrons. The third-order valence-corrected chi connectivity index (χ3v) is 6.31. The van der Waals surface area contributed by atoms with Crippen molar-refractivity contribution in [2.24, 2.45) is 0 Å². The summed E-state index contributed by atoms with van der Waals surface area (Å²) < 4.78 is 26.2. The lowest BCUT2D eigenvalue weighted by Crippen LogP contribution is -2.51. The predicted molar refractivity (Wildman–Crippen MR) is 112 cm³/mol. The van der Waals surface area contributed by atoms with Crippen LogP contribution in [0, 0.1) is 17.0 Å². The molecule has 0 saturated carbocycles. The lowest BCUT2D eigenvalue weighted by atomic mass is 10.0. The minimum Gasteiger partial charge on any atom is -0.310 e. The first kappa shape index (κ1) is 20.8. The second kappa shape index (κ2) is 7.82. The van der Waals surface area contributed by atoms with E-state index >= 15 is 0 Å². The van der Waals surface area contributed by atoms with Crippen molar-refractivity contribution in [2.75, 3.05) is 22.0 Å². The standard InChI is InChI=1S/C20H23N3O5S/c1-14-10-11-17(23(25)26)13-19(14)22(29(3,27)28)15(2)20(24)21-12-6-8-16-7-4-5-9-18(16)21/h4-5,7,9-11,13,15H,6,8,12H2,1-3H3/t15-/m0/s1. The third-order valence-electron chi connectivity index (χ3n) is 5.08. The SMILES string of the molecule is Cc1ccc([N+](=O)[O-])cc1N([C@@H](C)C(=O)N1CCCc2ccccc21)S(C)(=O)=O. The predicted octanol–water partition coefficient (Wildman–Crippen LogP) is 3.04. The summed E-state index contributed by atoms with van der Waals surface area (Å²) in [6.45, 7) is 3.66. The number of nitro benzene ring substituents is 1. The monoisotopic (exact) mass is 417 g/mol. The lowest BCUT2D eigenvalue weighted by Gasteiger charge is -2.35. The first-order chi connectivity index (χ1) is 13.6. The quantitative estimate of drug-likeness (QED) is 0.550. The largest absolute Gasteiger partial charge is 0.310 e. The maximum Gasteiger partial charge on any atom is 0.271 e. The zero-order valence-electron chi connectivity index (χ0n) is 16.5. The summed E-state index contributed by atoms with van der Waals surface area (Å²) in [7, 11) is -3.88. The minimum absolute atomic E-state index is 0.132. The van der Waals surface area contributed by atoms with E-state index in [9.17, 15) is 23.3 Å². The number of nitro groups is 1. The Labute approximate surface area is 169 Å². The highest BCUT2D eigenvalue weighted by atomic mass is 32.2. The van der Waals surface area contributed by atoms with Crippen molar-refractivity contribution in [1.82, 2.24) is 0 Å².